The summed E-state index contributed by atoms with van der Waals surface area (Å²) in [4.78, 5) is 24.0. The Labute approximate surface area is 142 Å². The number of rotatable bonds is 4. The molecular formula is C17H27N3O4. The van der Waals surface area contributed by atoms with E-state index in [1.165, 1.54) is 0 Å². The molecule has 2 rings (SSSR count). The lowest BCUT2D eigenvalue weighted by Crippen LogP contribution is -2.47. The molecule has 1 saturated heterocycles. The van der Waals surface area contributed by atoms with E-state index in [9.17, 15) is 9.59 Å². The summed E-state index contributed by atoms with van der Waals surface area (Å²) in [5.41, 5.74) is -0.277. The number of nitrogens with one attached hydrogen (secondary N) is 1. The van der Waals surface area contributed by atoms with Crippen LogP contribution in [-0.4, -0.2) is 41.0 Å². The number of alkyl carbamates (subject to hydrolysis) is 1. The van der Waals surface area contributed by atoms with Gasteiger partial charge in [-0.25, -0.2) is 4.79 Å². The van der Waals surface area contributed by atoms with Crippen molar-refractivity contribution in [3.63, 3.8) is 0 Å². The van der Waals surface area contributed by atoms with Crippen molar-refractivity contribution >= 4 is 12.4 Å². The monoisotopic (exact) mass is 337 g/mol. The predicted molar refractivity (Wildman–Crippen MR) is 88.8 cm³/mol. The van der Waals surface area contributed by atoms with Crippen molar-refractivity contribution < 1.29 is 19.1 Å². The largest absolute Gasteiger partial charge is 0.444 e. The van der Waals surface area contributed by atoms with Crippen molar-refractivity contribution in [1.29, 1.82) is 0 Å². The Hall–Kier alpha value is -1.89. The third-order valence-electron chi connectivity index (χ3n) is 4.02. The third-order valence-corrected chi connectivity index (χ3v) is 4.02. The van der Waals surface area contributed by atoms with Gasteiger partial charge in [-0.05, 0) is 40.5 Å². The van der Waals surface area contributed by atoms with E-state index in [2.05, 4.69) is 10.4 Å². The van der Waals surface area contributed by atoms with Crippen LogP contribution in [0.3, 0.4) is 0 Å². The van der Waals surface area contributed by atoms with Crippen LogP contribution in [0.2, 0.25) is 0 Å². The molecule has 1 aromatic rings. The summed E-state index contributed by atoms with van der Waals surface area (Å²) in [6, 6.07) is 0. The number of carbonyl (C=O) groups is 2. The zero-order valence-corrected chi connectivity index (χ0v) is 15.1. The van der Waals surface area contributed by atoms with Crippen LogP contribution in [0.1, 0.15) is 57.7 Å². The number of carbonyl (C=O) groups excluding carboxylic acids is 2. The molecule has 1 unspecified atom stereocenters. The summed E-state index contributed by atoms with van der Waals surface area (Å²) in [5.74, 6) is 0.217. The molecule has 134 valence electrons. The molecule has 0 radical (unpaired) electrons. The number of hydrogen-bond donors (Lipinski definition) is 1. The zero-order valence-electron chi connectivity index (χ0n) is 15.1. The molecule has 1 amide bonds. The van der Waals surface area contributed by atoms with E-state index in [4.69, 9.17) is 9.47 Å². The summed E-state index contributed by atoms with van der Waals surface area (Å²) in [6.07, 6.45) is 3.60. The second kappa shape index (κ2) is 6.93. The quantitative estimate of drug-likeness (QED) is 0.852. The van der Waals surface area contributed by atoms with E-state index in [1.807, 2.05) is 7.05 Å². The summed E-state index contributed by atoms with van der Waals surface area (Å²) in [5, 5.41) is 7.24. The molecule has 0 aromatic carbocycles. The third kappa shape index (κ3) is 4.35. The highest BCUT2D eigenvalue weighted by Gasteiger charge is 2.36. The predicted octanol–water partition coefficient (Wildman–Crippen LogP) is 2.25. The van der Waals surface area contributed by atoms with Gasteiger partial charge in [-0.3, -0.25) is 4.68 Å². The van der Waals surface area contributed by atoms with Gasteiger partial charge in [-0.15, -0.1) is 0 Å². The first kappa shape index (κ1) is 18.4. The Morgan fingerprint density at radius 1 is 1.38 bits per heavy atom. The molecule has 1 fully saturated rings. The van der Waals surface area contributed by atoms with E-state index in [0.717, 1.165) is 24.8 Å². The van der Waals surface area contributed by atoms with Gasteiger partial charge in [0.25, 0.3) is 0 Å². The van der Waals surface area contributed by atoms with Crippen LogP contribution < -0.4 is 5.32 Å². The zero-order chi connectivity index (χ0) is 18.0. The molecule has 0 saturated carbocycles. The van der Waals surface area contributed by atoms with Gasteiger partial charge in [-0.2, -0.15) is 5.10 Å². The molecule has 7 heteroatoms. The molecular weight excluding hydrogens is 310 g/mol. The first-order valence-corrected chi connectivity index (χ1v) is 8.24. The molecule has 0 aliphatic carbocycles. The van der Waals surface area contributed by atoms with Gasteiger partial charge >= 0.3 is 6.09 Å². The summed E-state index contributed by atoms with van der Waals surface area (Å²) >= 11 is 0. The highest BCUT2D eigenvalue weighted by Crippen LogP contribution is 2.33. The summed E-state index contributed by atoms with van der Waals surface area (Å²) in [6.45, 7) is 8.37. The van der Waals surface area contributed by atoms with E-state index < -0.39 is 17.2 Å². The fraction of sp³-hybridized carbons (Fsp3) is 0.706. The van der Waals surface area contributed by atoms with Crippen LogP contribution in [0.5, 0.6) is 0 Å². The van der Waals surface area contributed by atoms with Crippen LogP contribution in [0, 0.1) is 0 Å². The van der Waals surface area contributed by atoms with Crippen molar-refractivity contribution in [1.82, 2.24) is 15.1 Å². The molecule has 0 bridgehead atoms. The second-order valence-electron chi connectivity index (χ2n) is 7.44. The Morgan fingerprint density at radius 3 is 2.54 bits per heavy atom. The van der Waals surface area contributed by atoms with Gasteiger partial charge in [0.05, 0.1) is 5.69 Å². The fourth-order valence-electron chi connectivity index (χ4n) is 2.85. The van der Waals surface area contributed by atoms with Crippen LogP contribution in [0.15, 0.2) is 6.20 Å². The van der Waals surface area contributed by atoms with Gasteiger partial charge in [0, 0.05) is 37.9 Å². The van der Waals surface area contributed by atoms with Gasteiger partial charge in [0.2, 0.25) is 0 Å². The molecule has 1 aliphatic rings. The summed E-state index contributed by atoms with van der Waals surface area (Å²) in [7, 11) is 1.81. The number of aryl methyl sites for hydroxylation is 1. The lowest BCUT2D eigenvalue weighted by Gasteiger charge is -2.29. The van der Waals surface area contributed by atoms with Crippen molar-refractivity contribution in [2.75, 3.05) is 13.2 Å². The minimum atomic E-state index is -1.19. The van der Waals surface area contributed by atoms with Crippen molar-refractivity contribution in [2.24, 2.45) is 7.05 Å². The average molecular weight is 337 g/mol. The standard InChI is InChI=1S/C17H27N3O4/c1-16(2,3)24-15(22)18-17(4,11-21)13-10-20(5)19-14(13)12-6-8-23-9-7-12/h10-12H,6-9H2,1-5H3,(H,18,22). The molecule has 0 spiro atoms. The molecule has 1 N–H and O–H groups in total. The lowest BCUT2D eigenvalue weighted by atomic mass is 9.86. The fourth-order valence-corrected chi connectivity index (χ4v) is 2.85. The smallest absolute Gasteiger partial charge is 0.408 e. The first-order chi connectivity index (χ1) is 11.1. The van der Waals surface area contributed by atoms with E-state index in [1.54, 1.807) is 38.6 Å². The van der Waals surface area contributed by atoms with E-state index in [-0.39, 0.29) is 5.92 Å². The van der Waals surface area contributed by atoms with Crippen molar-refractivity contribution in [3.05, 3.63) is 17.5 Å². The summed E-state index contributed by atoms with van der Waals surface area (Å²) < 4.78 is 12.4. The highest BCUT2D eigenvalue weighted by molar-refractivity contribution is 5.78. The van der Waals surface area contributed by atoms with Crippen LogP contribution in [0.4, 0.5) is 4.79 Å². The minimum absolute atomic E-state index is 0.217. The molecule has 24 heavy (non-hydrogen) atoms. The molecule has 2 heterocycles. The average Bonchev–Trinajstić information content (AvgIpc) is 2.88. The Morgan fingerprint density at radius 2 is 2.00 bits per heavy atom. The molecule has 1 aliphatic heterocycles. The van der Waals surface area contributed by atoms with Crippen molar-refractivity contribution in [3.8, 4) is 0 Å². The number of aromatic nitrogens is 2. The highest BCUT2D eigenvalue weighted by atomic mass is 16.6. The van der Waals surface area contributed by atoms with Gasteiger partial charge < -0.3 is 19.6 Å². The van der Waals surface area contributed by atoms with Crippen LogP contribution in [0.25, 0.3) is 0 Å². The van der Waals surface area contributed by atoms with Gasteiger partial charge in [0.15, 0.2) is 0 Å². The van der Waals surface area contributed by atoms with E-state index in [0.29, 0.717) is 18.8 Å². The lowest BCUT2D eigenvalue weighted by molar-refractivity contribution is -0.113. The molecule has 7 nitrogen and oxygen atoms in total. The Bertz CT molecular complexity index is 599. The maximum Gasteiger partial charge on any atom is 0.408 e. The first-order valence-electron chi connectivity index (χ1n) is 8.24. The van der Waals surface area contributed by atoms with Crippen LogP contribution >= 0.6 is 0 Å². The number of aldehydes is 1. The topological polar surface area (TPSA) is 82.5 Å². The molecule has 1 atom stereocenters. The van der Waals surface area contributed by atoms with Gasteiger partial charge in [0.1, 0.15) is 17.4 Å². The van der Waals surface area contributed by atoms with Gasteiger partial charge in [-0.1, -0.05) is 0 Å². The number of ether oxygens (including phenoxy) is 2. The Balaban J connectivity index is 2.28. The van der Waals surface area contributed by atoms with Crippen LogP contribution in [-0.2, 0) is 26.9 Å². The SMILES string of the molecule is Cn1cc(C(C)(C=O)NC(=O)OC(C)(C)C)c(C2CCOCC2)n1. The Kier molecular flexibility index (Phi) is 5.32. The van der Waals surface area contributed by atoms with E-state index >= 15 is 0 Å². The minimum Gasteiger partial charge on any atom is -0.444 e. The second-order valence-corrected chi connectivity index (χ2v) is 7.44. The molecule has 1 aromatic heterocycles. The maximum atomic E-state index is 12.2. The number of hydrogen-bond acceptors (Lipinski definition) is 5. The number of amides is 1. The maximum absolute atomic E-state index is 12.2. The normalized spacial score (nSPS) is 18.7. The number of nitrogens with zero attached hydrogens (tertiary/aromatic N) is 2. The van der Waals surface area contributed by atoms with Crippen molar-refractivity contribution in [2.45, 2.75) is 57.6 Å².